The van der Waals surface area contributed by atoms with Crippen LogP contribution in [-0.2, 0) is 5.41 Å². The van der Waals surface area contributed by atoms with Gasteiger partial charge >= 0.3 is 0 Å². The van der Waals surface area contributed by atoms with Crippen molar-refractivity contribution in [3.05, 3.63) is 247 Å². The molecule has 0 saturated carbocycles. The SMILES string of the molecule is [2H]c1c([2H])c(N(c2ccc(-c3ccccc3)cc2)c2ccc3c(c2)C2(c4ccccc4-c4ccccc42)c2ccccc2-3)c2c(oc3c4c([2H])c([2H])c([2H])c([2H])c4c(-c4ccccc4)c([2H])c32)c1[2H]. The van der Waals surface area contributed by atoms with Crippen LogP contribution in [0.25, 0.3) is 77.2 Å². The summed E-state index contributed by atoms with van der Waals surface area (Å²) in [5.74, 6) is 0. The lowest BCUT2D eigenvalue weighted by atomic mass is 9.70. The second kappa shape index (κ2) is 13.0. The van der Waals surface area contributed by atoms with Gasteiger partial charge in [0.05, 0.1) is 27.5 Å². The topological polar surface area (TPSA) is 16.4 Å². The van der Waals surface area contributed by atoms with Gasteiger partial charge in [-0.1, -0.05) is 182 Å². The highest BCUT2D eigenvalue weighted by Crippen LogP contribution is 2.63. The number of fused-ring (bicyclic) bond motifs is 15. The van der Waals surface area contributed by atoms with Crippen molar-refractivity contribution in [3.63, 3.8) is 0 Å². The van der Waals surface area contributed by atoms with Crippen molar-refractivity contribution in [1.29, 1.82) is 0 Å². The van der Waals surface area contributed by atoms with Gasteiger partial charge in [0.1, 0.15) is 11.2 Å². The maximum absolute atomic E-state index is 10.1. The van der Waals surface area contributed by atoms with Gasteiger partial charge in [-0.2, -0.15) is 0 Å². The molecule has 0 bridgehead atoms. The van der Waals surface area contributed by atoms with Crippen LogP contribution in [0.15, 0.2) is 229 Å². The van der Waals surface area contributed by atoms with E-state index in [-0.39, 0.29) is 74.2 Å². The molecule has 0 unspecified atom stereocenters. The minimum Gasteiger partial charge on any atom is -0.455 e. The largest absolute Gasteiger partial charge is 0.455 e. The normalized spacial score (nSPS) is 14.9. The van der Waals surface area contributed by atoms with Crippen molar-refractivity contribution >= 4 is 49.8 Å². The fraction of sp³-hybridized carbons (Fsp3) is 0.0169. The van der Waals surface area contributed by atoms with E-state index in [1.54, 1.807) is 12.1 Å². The molecule has 0 amide bonds. The highest BCUT2D eigenvalue weighted by Gasteiger charge is 2.51. The van der Waals surface area contributed by atoms with E-state index in [0.717, 1.165) is 55.6 Å². The van der Waals surface area contributed by atoms with Crippen LogP contribution in [0.2, 0.25) is 0 Å². The molecule has 0 saturated heterocycles. The molecule has 0 radical (unpaired) electrons. The first-order valence-electron chi connectivity index (χ1n) is 24.4. The molecule has 0 N–H and O–H groups in total. The average molecular weight is 784 g/mol. The van der Waals surface area contributed by atoms with Gasteiger partial charge in [0.2, 0.25) is 0 Å². The molecule has 10 aromatic carbocycles. The molecule has 2 aliphatic carbocycles. The zero-order valence-corrected chi connectivity index (χ0v) is 32.6. The van der Waals surface area contributed by atoms with Crippen LogP contribution >= 0.6 is 0 Å². The summed E-state index contributed by atoms with van der Waals surface area (Å²) in [6.07, 6.45) is 0. The Hall–Kier alpha value is -7.94. The Morgan fingerprint density at radius 2 is 0.951 bits per heavy atom. The van der Waals surface area contributed by atoms with Crippen molar-refractivity contribution < 1.29 is 15.4 Å². The first-order valence-corrected chi connectivity index (χ1v) is 20.4. The van der Waals surface area contributed by atoms with E-state index in [0.29, 0.717) is 16.9 Å². The minimum absolute atomic E-state index is 0.0154. The monoisotopic (exact) mass is 783 g/mol. The Balaban J connectivity index is 1.17. The molecule has 11 aromatic rings. The van der Waals surface area contributed by atoms with Gasteiger partial charge in [0, 0.05) is 22.1 Å². The van der Waals surface area contributed by atoms with Gasteiger partial charge in [-0.3, -0.25) is 0 Å². The predicted octanol–water partition coefficient (Wildman–Crippen LogP) is 15.9. The lowest BCUT2D eigenvalue weighted by Gasteiger charge is -2.32. The smallest absolute Gasteiger partial charge is 0.143 e. The molecule has 1 aromatic heterocycles. The van der Waals surface area contributed by atoms with Gasteiger partial charge in [-0.05, 0) is 115 Å². The summed E-state index contributed by atoms with van der Waals surface area (Å²) in [6.45, 7) is 0. The van der Waals surface area contributed by atoms with Crippen LogP contribution in [0.3, 0.4) is 0 Å². The Kier molecular flexibility index (Phi) is 5.75. The van der Waals surface area contributed by atoms with E-state index in [9.17, 15) is 8.22 Å². The number of hydrogen-bond acceptors (Lipinski definition) is 2. The molecule has 2 nitrogen and oxygen atoms in total. The second-order valence-electron chi connectivity index (χ2n) is 15.7. The molecule has 0 fully saturated rings. The van der Waals surface area contributed by atoms with E-state index in [2.05, 4.69) is 84.9 Å². The van der Waals surface area contributed by atoms with Crippen LogP contribution in [0.1, 0.15) is 33.2 Å². The van der Waals surface area contributed by atoms with Gasteiger partial charge in [0.25, 0.3) is 0 Å². The van der Waals surface area contributed by atoms with Crippen LogP contribution in [0.5, 0.6) is 0 Å². The number of benzene rings is 10. The Morgan fingerprint density at radius 1 is 0.410 bits per heavy atom. The Morgan fingerprint density at radius 3 is 1.61 bits per heavy atom. The molecule has 2 aliphatic rings. The summed E-state index contributed by atoms with van der Waals surface area (Å²) in [5, 5.41) is 0.561. The zero-order valence-electron chi connectivity index (χ0n) is 40.6. The molecule has 0 atom stereocenters. The number of furan rings is 1. The molecule has 1 heterocycles. The van der Waals surface area contributed by atoms with Crippen LogP contribution in [0, 0.1) is 0 Å². The number of anilines is 3. The van der Waals surface area contributed by atoms with Crippen molar-refractivity contribution in [2.45, 2.75) is 5.41 Å². The second-order valence-corrected chi connectivity index (χ2v) is 15.7. The van der Waals surface area contributed by atoms with Gasteiger partial charge in [-0.15, -0.1) is 0 Å². The van der Waals surface area contributed by atoms with Crippen molar-refractivity contribution in [2.75, 3.05) is 4.90 Å². The summed E-state index contributed by atoms with van der Waals surface area (Å²) in [5.41, 5.74) is 12.5. The van der Waals surface area contributed by atoms with Gasteiger partial charge in [0.15, 0.2) is 0 Å². The molecule has 13 rings (SSSR count). The fourth-order valence-corrected chi connectivity index (χ4v) is 10.2. The molecular weight excluding hydrogens is 739 g/mol. The third-order valence-corrected chi connectivity index (χ3v) is 12.7. The van der Waals surface area contributed by atoms with E-state index in [1.165, 1.54) is 0 Å². The number of hydrogen-bond donors (Lipinski definition) is 0. The summed E-state index contributed by atoms with van der Waals surface area (Å²) in [7, 11) is 0. The molecule has 61 heavy (non-hydrogen) atoms. The van der Waals surface area contributed by atoms with Gasteiger partial charge < -0.3 is 9.32 Å². The first-order chi connectivity index (χ1) is 33.6. The van der Waals surface area contributed by atoms with Crippen molar-refractivity contribution in [3.8, 4) is 44.5 Å². The Labute approximate surface area is 365 Å². The lowest BCUT2D eigenvalue weighted by Crippen LogP contribution is -2.26. The maximum atomic E-state index is 10.1. The van der Waals surface area contributed by atoms with E-state index >= 15 is 0 Å². The zero-order chi connectivity index (χ0) is 47.0. The van der Waals surface area contributed by atoms with Crippen LogP contribution in [-0.4, -0.2) is 0 Å². The highest BCUT2D eigenvalue weighted by molar-refractivity contribution is 6.22. The maximum Gasteiger partial charge on any atom is 0.143 e. The number of rotatable bonds is 5. The fourth-order valence-electron chi connectivity index (χ4n) is 10.2. The van der Waals surface area contributed by atoms with E-state index in [4.69, 9.17) is 7.16 Å². The van der Waals surface area contributed by atoms with Gasteiger partial charge in [-0.25, -0.2) is 0 Å². The predicted molar refractivity (Wildman–Crippen MR) is 253 cm³/mol. The lowest BCUT2D eigenvalue weighted by molar-refractivity contribution is 0.672. The average Bonchev–Trinajstić information content (AvgIpc) is 4.03. The van der Waals surface area contributed by atoms with Crippen molar-refractivity contribution in [2.24, 2.45) is 0 Å². The molecule has 2 heteroatoms. The Bertz CT molecular complexity index is 3940. The molecule has 1 spiro atoms. The van der Waals surface area contributed by atoms with E-state index in [1.807, 2.05) is 83.8 Å². The van der Waals surface area contributed by atoms with Crippen LogP contribution in [0.4, 0.5) is 17.1 Å². The molecule has 0 aliphatic heterocycles. The van der Waals surface area contributed by atoms with Crippen molar-refractivity contribution in [1.82, 2.24) is 0 Å². The standard InChI is InChI=1S/C59H37NO/c1-3-16-38(17-4-1)39-30-32-41(33-31-39)60(55-28-15-29-56-57(55)50-37-49(40-18-5-2-6-19-40)43-20-7-8-24-48(43)58(50)61-56)42-34-35-47-46-23-11-14-27-53(46)59(54(47)36-42)51-25-12-9-21-44(51)45-22-10-13-26-52(45)59/h1-37H/i7D,8D,15D,20D,24D,28D,29D,37D. The summed E-state index contributed by atoms with van der Waals surface area (Å²) in [6, 6.07) is 56.5. The summed E-state index contributed by atoms with van der Waals surface area (Å²) in [4.78, 5) is 1.93. The third-order valence-electron chi connectivity index (χ3n) is 12.7. The van der Waals surface area contributed by atoms with E-state index < -0.39 is 23.5 Å². The summed E-state index contributed by atoms with van der Waals surface area (Å²) >= 11 is 0. The highest BCUT2D eigenvalue weighted by atomic mass is 16.3. The number of nitrogens with zero attached hydrogens (tertiary/aromatic N) is 1. The molecule has 284 valence electrons. The quantitative estimate of drug-likeness (QED) is 0.173. The first kappa shape index (κ1) is 26.9. The molecular formula is C59H37NO. The summed E-state index contributed by atoms with van der Waals surface area (Å²) < 4.78 is 81.6. The van der Waals surface area contributed by atoms with Crippen LogP contribution < -0.4 is 4.90 Å². The third kappa shape index (κ3) is 4.79. The minimum atomic E-state index is -0.702.